The third-order valence-corrected chi connectivity index (χ3v) is 4.41. The van der Waals surface area contributed by atoms with Crippen molar-refractivity contribution in [3.05, 3.63) is 58.0 Å². The largest absolute Gasteiger partial charge is 0.444 e. The van der Waals surface area contributed by atoms with Crippen LogP contribution < -0.4 is 5.32 Å². The summed E-state index contributed by atoms with van der Waals surface area (Å²) in [6.45, 7) is 4.46. The van der Waals surface area contributed by atoms with Crippen LogP contribution in [0.25, 0.3) is 0 Å². The number of nitrogens with zero attached hydrogens (tertiary/aromatic N) is 3. The highest BCUT2D eigenvalue weighted by atomic mass is 32.1. The summed E-state index contributed by atoms with van der Waals surface area (Å²) in [5.41, 5.74) is 0.941. The molecule has 3 rings (SSSR count). The van der Waals surface area contributed by atoms with E-state index in [-0.39, 0.29) is 6.04 Å². The molecule has 1 atom stereocenters. The number of hydrogen-bond donors (Lipinski definition) is 1. The molecule has 0 aromatic carbocycles. The average molecular weight is 302 g/mol. The normalized spacial score (nSPS) is 12.7. The molecule has 1 unspecified atom stereocenters. The molecule has 21 heavy (non-hydrogen) atoms. The second-order valence-corrected chi connectivity index (χ2v) is 5.95. The summed E-state index contributed by atoms with van der Waals surface area (Å²) < 4.78 is 7.66. The van der Waals surface area contributed by atoms with Crippen molar-refractivity contribution < 1.29 is 4.42 Å². The van der Waals surface area contributed by atoms with Gasteiger partial charge in [-0.3, -0.25) is 5.32 Å². The number of aromatic nitrogens is 3. The number of nitrogens with one attached hydrogen (secondary N) is 1. The van der Waals surface area contributed by atoms with Gasteiger partial charge >= 0.3 is 0 Å². The van der Waals surface area contributed by atoms with Crippen molar-refractivity contribution in [3.8, 4) is 0 Å². The molecule has 110 valence electrons. The van der Waals surface area contributed by atoms with Crippen LogP contribution in [0.2, 0.25) is 0 Å². The minimum atomic E-state index is 0.0394. The standard InChI is InChI=1S/C15H18N4OS/c1-10-11(2)20-13(18-10)9-17-14(12-5-4-8-21-12)15-16-6-7-19(15)3/h4-8,14,17H,9H2,1-3H3. The van der Waals surface area contributed by atoms with Crippen molar-refractivity contribution in [3.63, 3.8) is 0 Å². The molecule has 0 spiro atoms. The number of oxazole rings is 1. The molecule has 3 aromatic rings. The van der Waals surface area contributed by atoms with E-state index in [9.17, 15) is 0 Å². The first kappa shape index (κ1) is 14.0. The van der Waals surface area contributed by atoms with E-state index >= 15 is 0 Å². The fourth-order valence-electron chi connectivity index (χ4n) is 2.23. The maximum atomic E-state index is 5.63. The van der Waals surface area contributed by atoms with Gasteiger partial charge in [0.25, 0.3) is 0 Å². The third-order valence-electron chi connectivity index (χ3n) is 3.47. The van der Waals surface area contributed by atoms with E-state index < -0.39 is 0 Å². The summed E-state index contributed by atoms with van der Waals surface area (Å²) >= 11 is 1.71. The fraction of sp³-hybridized carbons (Fsp3) is 0.333. The topological polar surface area (TPSA) is 55.9 Å². The summed E-state index contributed by atoms with van der Waals surface area (Å²) in [7, 11) is 2.00. The highest BCUT2D eigenvalue weighted by Gasteiger charge is 2.19. The smallest absolute Gasteiger partial charge is 0.208 e. The average Bonchev–Trinajstić information content (AvgIpc) is 3.16. The van der Waals surface area contributed by atoms with Crippen molar-refractivity contribution in [1.29, 1.82) is 0 Å². The molecule has 0 aliphatic heterocycles. The summed E-state index contributed by atoms with van der Waals surface area (Å²) in [5, 5.41) is 5.57. The lowest BCUT2D eigenvalue weighted by Crippen LogP contribution is -2.24. The lowest BCUT2D eigenvalue weighted by Gasteiger charge is -2.16. The molecule has 0 saturated carbocycles. The van der Waals surface area contributed by atoms with Gasteiger partial charge in [-0.15, -0.1) is 11.3 Å². The molecule has 6 heteroatoms. The van der Waals surface area contributed by atoms with E-state index in [4.69, 9.17) is 4.42 Å². The summed E-state index contributed by atoms with van der Waals surface area (Å²) in [6, 6.07) is 4.21. The molecule has 0 aliphatic rings. The van der Waals surface area contributed by atoms with Crippen LogP contribution in [0.3, 0.4) is 0 Å². The predicted molar refractivity (Wildman–Crippen MR) is 82.2 cm³/mol. The quantitative estimate of drug-likeness (QED) is 0.787. The van der Waals surface area contributed by atoms with Crippen LogP contribution >= 0.6 is 11.3 Å². The molecule has 1 N–H and O–H groups in total. The molecular weight excluding hydrogens is 284 g/mol. The third kappa shape index (κ3) is 2.91. The van der Waals surface area contributed by atoms with Crippen LogP contribution in [0, 0.1) is 13.8 Å². The number of thiophene rings is 1. The van der Waals surface area contributed by atoms with E-state index in [1.807, 2.05) is 37.9 Å². The predicted octanol–water partition coefficient (Wildman–Crippen LogP) is 2.97. The van der Waals surface area contributed by atoms with E-state index in [1.54, 1.807) is 11.3 Å². The summed E-state index contributed by atoms with van der Waals surface area (Å²) in [5.74, 6) is 2.56. The van der Waals surface area contributed by atoms with Crippen LogP contribution in [0.5, 0.6) is 0 Å². The molecule has 5 nitrogen and oxygen atoms in total. The second-order valence-electron chi connectivity index (χ2n) is 4.97. The molecule has 0 saturated heterocycles. The molecule has 3 heterocycles. The Bertz CT molecular complexity index is 694. The van der Waals surface area contributed by atoms with Crippen LogP contribution in [0.4, 0.5) is 0 Å². The lowest BCUT2D eigenvalue weighted by atomic mass is 10.2. The monoisotopic (exact) mass is 302 g/mol. The van der Waals surface area contributed by atoms with Crippen LogP contribution in [-0.2, 0) is 13.6 Å². The SMILES string of the molecule is Cc1nc(CNC(c2cccs2)c2nccn2C)oc1C. The number of rotatable bonds is 5. The van der Waals surface area contributed by atoms with Gasteiger partial charge in [0, 0.05) is 24.3 Å². The lowest BCUT2D eigenvalue weighted by molar-refractivity contribution is 0.433. The minimum absolute atomic E-state index is 0.0394. The Morgan fingerprint density at radius 1 is 1.43 bits per heavy atom. The van der Waals surface area contributed by atoms with E-state index in [0.29, 0.717) is 12.4 Å². The Morgan fingerprint density at radius 2 is 2.29 bits per heavy atom. The van der Waals surface area contributed by atoms with Gasteiger partial charge < -0.3 is 8.98 Å². The molecule has 0 amide bonds. The molecule has 0 bridgehead atoms. The zero-order valence-electron chi connectivity index (χ0n) is 12.3. The Kier molecular flexibility index (Phi) is 3.90. The van der Waals surface area contributed by atoms with Gasteiger partial charge in [0.1, 0.15) is 17.6 Å². The van der Waals surface area contributed by atoms with Crippen molar-refractivity contribution in [2.24, 2.45) is 7.05 Å². The highest BCUT2D eigenvalue weighted by molar-refractivity contribution is 7.10. The summed E-state index contributed by atoms with van der Waals surface area (Å²) in [6.07, 6.45) is 3.77. The molecular formula is C15H18N4OS. The van der Waals surface area contributed by atoms with E-state index in [1.165, 1.54) is 4.88 Å². The summed E-state index contributed by atoms with van der Waals surface area (Å²) in [4.78, 5) is 10.1. The Hall–Kier alpha value is -1.92. The zero-order chi connectivity index (χ0) is 14.8. The number of imidazole rings is 1. The first-order chi connectivity index (χ1) is 10.1. The van der Waals surface area contributed by atoms with Crippen molar-refractivity contribution in [1.82, 2.24) is 19.9 Å². The van der Waals surface area contributed by atoms with Gasteiger partial charge in [0.15, 0.2) is 0 Å². The van der Waals surface area contributed by atoms with Crippen LogP contribution in [0.15, 0.2) is 34.3 Å². The first-order valence-corrected chi connectivity index (χ1v) is 7.70. The van der Waals surface area contributed by atoms with Crippen molar-refractivity contribution >= 4 is 11.3 Å². The van der Waals surface area contributed by atoms with Crippen LogP contribution in [0.1, 0.15) is 34.1 Å². The molecule has 0 radical (unpaired) electrons. The maximum Gasteiger partial charge on any atom is 0.208 e. The molecule has 0 aliphatic carbocycles. The minimum Gasteiger partial charge on any atom is -0.444 e. The Morgan fingerprint density at radius 3 is 2.86 bits per heavy atom. The van der Waals surface area contributed by atoms with Crippen molar-refractivity contribution in [2.45, 2.75) is 26.4 Å². The van der Waals surface area contributed by atoms with Gasteiger partial charge in [-0.05, 0) is 25.3 Å². The fourth-order valence-corrected chi connectivity index (χ4v) is 3.03. The Labute approximate surface area is 127 Å². The zero-order valence-corrected chi connectivity index (χ0v) is 13.1. The van der Waals surface area contributed by atoms with Crippen molar-refractivity contribution in [2.75, 3.05) is 0 Å². The molecule has 3 aromatic heterocycles. The first-order valence-electron chi connectivity index (χ1n) is 6.82. The van der Waals surface area contributed by atoms with Gasteiger partial charge in [0.2, 0.25) is 5.89 Å². The number of hydrogen-bond acceptors (Lipinski definition) is 5. The Balaban J connectivity index is 1.82. The maximum absolute atomic E-state index is 5.63. The highest BCUT2D eigenvalue weighted by Crippen LogP contribution is 2.25. The van der Waals surface area contributed by atoms with Gasteiger partial charge in [-0.2, -0.15) is 0 Å². The van der Waals surface area contributed by atoms with Gasteiger partial charge in [-0.1, -0.05) is 6.07 Å². The van der Waals surface area contributed by atoms with Gasteiger partial charge in [0.05, 0.1) is 12.2 Å². The van der Waals surface area contributed by atoms with Crippen LogP contribution in [-0.4, -0.2) is 14.5 Å². The van der Waals surface area contributed by atoms with Gasteiger partial charge in [-0.25, -0.2) is 9.97 Å². The van der Waals surface area contributed by atoms with E-state index in [0.717, 1.165) is 17.3 Å². The second kappa shape index (κ2) is 5.83. The number of aryl methyl sites for hydroxylation is 3. The van der Waals surface area contributed by atoms with E-state index in [2.05, 4.69) is 32.8 Å². The molecule has 0 fully saturated rings.